The predicted molar refractivity (Wildman–Crippen MR) is 43.5 cm³/mol. The lowest BCUT2D eigenvalue weighted by Crippen LogP contribution is -1.91. The van der Waals surface area contributed by atoms with Gasteiger partial charge in [0.05, 0.1) is 0 Å². The largest absolute Gasteiger partial charge is 0.504 e. The lowest BCUT2D eigenvalue weighted by Gasteiger charge is -1.91. The third-order valence-corrected chi connectivity index (χ3v) is 0.983. The van der Waals surface area contributed by atoms with Crippen LogP contribution in [-0.4, -0.2) is 27.6 Å². The monoisotopic (exact) mass is 184 g/mol. The minimum atomic E-state index is -1.43. The van der Waals surface area contributed by atoms with E-state index in [-0.39, 0.29) is 17.8 Å². The Hall–Kier alpha value is -2.04. The van der Waals surface area contributed by atoms with Crippen molar-refractivity contribution in [2.24, 2.45) is 0 Å². The fourth-order valence-corrected chi connectivity index (χ4v) is 0.464. The molecule has 0 heterocycles. The van der Waals surface area contributed by atoms with E-state index in [9.17, 15) is 0 Å². The zero-order chi connectivity index (χ0) is 10.3. The van der Waals surface area contributed by atoms with Gasteiger partial charge < -0.3 is 15.3 Å². The summed E-state index contributed by atoms with van der Waals surface area (Å²) in [6.07, 6.45) is -0.167. The van der Waals surface area contributed by atoms with Crippen LogP contribution in [0.2, 0.25) is 0 Å². The minimum Gasteiger partial charge on any atom is -0.504 e. The maximum atomic E-state index is 9.00. The molecule has 0 aliphatic rings. The number of phenols is 2. The molecule has 13 heavy (non-hydrogen) atoms. The maximum absolute atomic E-state index is 9.00. The minimum absolute atomic E-state index is 0.0764. The predicted octanol–water partition coefficient (Wildman–Crippen LogP) is 0.368. The molecule has 1 aromatic rings. The molecule has 0 fully saturated rings. The quantitative estimate of drug-likeness (QED) is 0.333. The second kappa shape index (κ2) is 5.59. The van der Waals surface area contributed by atoms with Crippen molar-refractivity contribution in [1.29, 1.82) is 0 Å². The van der Waals surface area contributed by atoms with Crippen molar-refractivity contribution in [2.75, 3.05) is 0 Å². The smallest absolute Gasteiger partial charge is 0.368 e. The topological polar surface area (TPSA) is 94.8 Å². The average Bonchev–Trinajstić information content (AvgIpc) is 2.11. The zero-order valence-corrected chi connectivity index (χ0v) is 6.54. The number of benzene rings is 1. The number of carboxylic acids is 1. The summed E-state index contributed by atoms with van der Waals surface area (Å²) in [5.41, 5.74) is 0. The normalized spacial score (nSPS) is 8.00. The van der Waals surface area contributed by atoms with Crippen LogP contribution in [0.25, 0.3) is 0 Å². The summed E-state index contributed by atoms with van der Waals surface area (Å²) in [6.45, 7) is 0. The van der Waals surface area contributed by atoms with Crippen LogP contribution >= 0.6 is 0 Å². The Morgan fingerprint density at radius 2 is 1.46 bits per heavy atom. The number of para-hydroxylation sites is 2. The number of aliphatic carboxylic acids is 1. The number of aldehydes is 1. The third kappa shape index (κ3) is 5.25. The van der Waals surface area contributed by atoms with Gasteiger partial charge in [-0.3, -0.25) is 4.79 Å². The van der Waals surface area contributed by atoms with Crippen LogP contribution in [0.5, 0.6) is 11.5 Å². The van der Waals surface area contributed by atoms with Crippen LogP contribution in [-0.2, 0) is 9.59 Å². The van der Waals surface area contributed by atoms with Crippen molar-refractivity contribution < 1.29 is 24.9 Å². The molecule has 0 aromatic heterocycles. The second-order valence-corrected chi connectivity index (χ2v) is 1.94. The highest BCUT2D eigenvalue weighted by Gasteiger charge is 1.90. The molecule has 0 saturated heterocycles. The Labute approximate surface area is 73.9 Å². The molecule has 70 valence electrons. The van der Waals surface area contributed by atoms with Gasteiger partial charge in [0.1, 0.15) is 0 Å². The van der Waals surface area contributed by atoms with Crippen LogP contribution in [0.1, 0.15) is 0 Å². The van der Waals surface area contributed by atoms with Gasteiger partial charge in [-0.15, -0.1) is 0 Å². The van der Waals surface area contributed by atoms with E-state index in [1.54, 1.807) is 12.1 Å². The molecule has 3 N–H and O–H groups in total. The standard InChI is InChI=1S/C6H6O2.C2H2O3/c7-5-3-1-2-4-6(5)8;3-1-2(4)5/h1-4,7-8H;1H,(H,4,5). The molecule has 5 nitrogen and oxygen atoms in total. The van der Waals surface area contributed by atoms with E-state index < -0.39 is 5.97 Å². The number of carbonyl (C=O) groups excluding carboxylic acids is 1. The molecular formula is C8H8O5. The molecule has 0 saturated carbocycles. The van der Waals surface area contributed by atoms with E-state index >= 15 is 0 Å². The Kier molecular flexibility index (Phi) is 4.71. The summed E-state index contributed by atoms with van der Waals surface area (Å²) in [5.74, 6) is -1.58. The molecule has 0 radical (unpaired) electrons. The van der Waals surface area contributed by atoms with Gasteiger partial charge in [0.25, 0.3) is 0 Å². The van der Waals surface area contributed by atoms with Crippen molar-refractivity contribution in [2.45, 2.75) is 0 Å². The molecule has 1 rings (SSSR count). The molecule has 0 unspecified atom stereocenters. The van der Waals surface area contributed by atoms with Gasteiger partial charge in [-0.1, -0.05) is 12.1 Å². The molecule has 0 amide bonds. The number of hydrogen-bond acceptors (Lipinski definition) is 4. The Morgan fingerprint density at radius 3 is 1.62 bits per heavy atom. The fraction of sp³-hybridized carbons (Fsp3) is 0. The van der Waals surface area contributed by atoms with Gasteiger partial charge in [0, 0.05) is 0 Å². The van der Waals surface area contributed by atoms with E-state index in [0.29, 0.717) is 0 Å². The van der Waals surface area contributed by atoms with Crippen molar-refractivity contribution in [3.63, 3.8) is 0 Å². The first-order chi connectivity index (χ1) is 6.07. The molecule has 0 spiro atoms. The number of aromatic hydroxyl groups is 2. The number of rotatable bonds is 1. The van der Waals surface area contributed by atoms with Gasteiger partial charge in [0.2, 0.25) is 6.29 Å². The fourth-order valence-electron chi connectivity index (χ4n) is 0.464. The number of hydrogen-bond donors (Lipinski definition) is 3. The lowest BCUT2D eigenvalue weighted by atomic mass is 10.3. The van der Waals surface area contributed by atoms with Crippen molar-refractivity contribution >= 4 is 12.3 Å². The molecule has 1 aromatic carbocycles. The SMILES string of the molecule is O=CC(=O)O.Oc1ccccc1O. The number of carboxylic acid groups (broad SMARTS) is 1. The van der Waals surface area contributed by atoms with Gasteiger partial charge in [-0.05, 0) is 12.1 Å². The Bertz CT molecular complexity index is 273. The summed E-state index contributed by atoms with van der Waals surface area (Å²) in [5, 5.41) is 24.7. The Morgan fingerprint density at radius 1 is 1.15 bits per heavy atom. The van der Waals surface area contributed by atoms with Crippen molar-refractivity contribution in [1.82, 2.24) is 0 Å². The van der Waals surface area contributed by atoms with Gasteiger partial charge in [0.15, 0.2) is 11.5 Å². The highest BCUT2D eigenvalue weighted by molar-refractivity contribution is 6.19. The first-order valence-electron chi connectivity index (χ1n) is 3.23. The number of carbonyl (C=O) groups is 2. The van der Waals surface area contributed by atoms with Crippen LogP contribution < -0.4 is 0 Å². The summed E-state index contributed by atoms with van der Waals surface area (Å²) in [7, 11) is 0. The van der Waals surface area contributed by atoms with Crippen LogP contribution in [0, 0.1) is 0 Å². The first kappa shape index (κ1) is 11.0. The average molecular weight is 184 g/mol. The summed E-state index contributed by atoms with van der Waals surface area (Å²) < 4.78 is 0. The summed E-state index contributed by atoms with van der Waals surface area (Å²) in [4.78, 5) is 17.9. The molecule has 0 bridgehead atoms. The summed E-state index contributed by atoms with van der Waals surface area (Å²) in [6, 6.07) is 6.15. The van der Waals surface area contributed by atoms with Crippen LogP contribution in [0.3, 0.4) is 0 Å². The maximum Gasteiger partial charge on any atom is 0.368 e. The molecular weight excluding hydrogens is 176 g/mol. The molecule has 0 aliphatic heterocycles. The molecule has 5 heteroatoms. The lowest BCUT2D eigenvalue weighted by molar-refractivity contribution is -0.143. The van der Waals surface area contributed by atoms with E-state index in [1.165, 1.54) is 12.1 Å². The van der Waals surface area contributed by atoms with Gasteiger partial charge in [-0.2, -0.15) is 0 Å². The van der Waals surface area contributed by atoms with Crippen LogP contribution in [0.4, 0.5) is 0 Å². The highest BCUT2D eigenvalue weighted by atomic mass is 16.4. The zero-order valence-electron chi connectivity index (χ0n) is 6.54. The van der Waals surface area contributed by atoms with E-state index in [0.717, 1.165) is 0 Å². The van der Waals surface area contributed by atoms with E-state index in [4.69, 9.17) is 24.9 Å². The van der Waals surface area contributed by atoms with Crippen LogP contribution in [0.15, 0.2) is 24.3 Å². The van der Waals surface area contributed by atoms with E-state index in [2.05, 4.69) is 0 Å². The van der Waals surface area contributed by atoms with E-state index in [1.807, 2.05) is 0 Å². The highest BCUT2D eigenvalue weighted by Crippen LogP contribution is 2.21. The first-order valence-corrected chi connectivity index (χ1v) is 3.23. The third-order valence-electron chi connectivity index (χ3n) is 0.983. The van der Waals surface area contributed by atoms with Crippen molar-refractivity contribution in [3.05, 3.63) is 24.3 Å². The molecule has 0 aliphatic carbocycles. The summed E-state index contributed by atoms with van der Waals surface area (Å²) >= 11 is 0. The second-order valence-electron chi connectivity index (χ2n) is 1.94. The molecule has 0 atom stereocenters. The van der Waals surface area contributed by atoms with Gasteiger partial charge >= 0.3 is 5.97 Å². The van der Waals surface area contributed by atoms with Gasteiger partial charge in [-0.25, -0.2) is 4.79 Å². The Balaban J connectivity index is 0.000000252. The van der Waals surface area contributed by atoms with Crippen molar-refractivity contribution in [3.8, 4) is 11.5 Å². The number of phenolic OH excluding ortho intramolecular Hbond substituents is 2.